The second-order valence-electron chi connectivity index (χ2n) is 26.1. The number of aliphatic hydroxyl groups is 2. The first kappa shape index (κ1) is 95.2. The van der Waals surface area contributed by atoms with Crippen molar-refractivity contribution in [2.24, 2.45) is 0 Å². The van der Waals surface area contributed by atoms with Crippen LogP contribution in [0.1, 0.15) is 329 Å². The Balaban J connectivity index is 4.40. The van der Waals surface area contributed by atoms with Gasteiger partial charge in [0.25, 0.3) is 0 Å². The highest BCUT2D eigenvalue weighted by atomic mass is 31.2. The fourth-order valence-electron chi connectivity index (χ4n) is 10.5. The molecule has 0 aromatic heterocycles. The molecule has 0 aliphatic rings. The fourth-order valence-corrected chi connectivity index (χ4v) is 12.1. The smallest absolute Gasteiger partial charge is 0.463 e. The quantitative estimate of drug-likeness (QED) is 0.0146. The van der Waals surface area contributed by atoms with Crippen molar-refractivity contribution in [2.45, 2.75) is 347 Å². The molecule has 0 saturated carbocycles. The number of carbonyl (C=O) groups excluding carboxylic acids is 3. The Morgan fingerprint density at radius 3 is 0.909 bits per heavy atom. The number of hydrogen-bond acceptors (Lipinski definition) is 14. The van der Waals surface area contributed by atoms with E-state index in [-0.39, 0.29) is 19.3 Å². The average molecular weight is 1430 g/mol. The Morgan fingerprint density at radius 1 is 0.293 bits per heavy atom. The molecule has 0 rings (SSSR count). The molecule has 0 aromatic rings. The summed E-state index contributed by atoms with van der Waals surface area (Å²) in [6.45, 7) is 2.49. The van der Waals surface area contributed by atoms with Crippen molar-refractivity contribution in [3.05, 3.63) is 109 Å². The molecule has 0 bridgehead atoms. The summed E-state index contributed by atoms with van der Waals surface area (Å²) in [7, 11) is -9.79. The molecule has 0 saturated heterocycles. The molecule has 0 fully saturated rings. The van der Waals surface area contributed by atoms with Gasteiger partial charge < -0.3 is 34.2 Å². The van der Waals surface area contributed by atoms with E-state index in [2.05, 4.69) is 118 Å². The number of esters is 3. The molecular weight excluding hydrogens is 1290 g/mol. The topological polar surface area (TPSA) is 231 Å². The lowest BCUT2D eigenvalue weighted by Gasteiger charge is -2.21. The van der Waals surface area contributed by atoms with Gasteiger partial charge >= 0.3 is 33.6 Å². The molecule has 5 atom stereocenters. The third-order valence-corrected chi connectivity index (χ3v) is 18.4. The zero-order valence-electron chi connectivity index (χ0n) is 62.4. The lowest BCUT2D eigenvalue weighted by molar-refractivity contribution is -0.161. The molecule has 18 heteroatoms. The number of unbranched alkanes of at least 4 members (excludes halogenated alkanes) is 33. The van der Waals surface area contributed by atoms with Gasteiger partial charge in [0.05, 0.1) is 26.4 Å². The third-order valence-electron chi connectivity index (χ3n) is 16.5. The number of carbonyl (C=O) groups is 3. The van der Waals surface area contributed by atoms with Crippen molar-refractivity contribution in [3.8, 4) is 0 Å². The second kappa shape index (κ2) is 73.9. The van der Waals surface area contributed by atoms with Crippen molar-refractivity contribution in [3.63, 3.8) is 0 Å². The number of hydrogen-bond donors (Lipinski definition) is 4. The van der Waals surface area contributed by atoms with E-state index in [1.807, 2.05) is 12.2 Å². The summed E-state index contributed by atoms with van der Waals surface area (Å²) in [6, 6.07) is 0. The van der Waals surface area contributed by atoms with E-state index < -0.39 is 91.5 Å². The largest absolute Gasteiger partial charge is 0.472 e. The molecule has 0 aliphatic heterocycles. The Morgan fingerprint density at radius 2 is 0.545 bits per heavy atom. The fraction of sp³-hybridized carbons (Fsp3) is 0.741. The van der Waals surface area contributed by atoms with Crippen LogP contribution in [0.25, 0.3) is 0 Å². The monoisotopic (exact) mass is 1430 g/mol. The van der Waals surface area contributed by atoms with Crippen LogP contribution in [-0.2, 0) is 55.8 Å². The van der Waals surface area contributed by atoms with Gasteiger partial charge in [-0.3, -0.25) is 32.5 Å². The van der Waals surface area contributed by atoms with Crippen LogP contribution in [0.4, 0.5) is 0 Å². The Hall–Kier alpha value is -3.79. The molecule has 4 N–H and O–H groups in total. The molecule has 0 aliphatic carbocycles. The van der Waals surface area contributed by atoms with Gasteiger partial charge in [0.1, 0.15) is 25.4 Å². The van der Waals surface area contributed by atoms with Crippen molar-refractivity contribution < 1.29 is 75.8 Å². The van der Waals surface area contributed by atoms with E-state index >= 15 is 0 Å². The molecule has 99 heavy (non-hydrogen) atoms. The molecule has 0 radical (unpaired) electrons. The van der Waals surface area contributed by atoms with Gasteiger partial charge in [0.2, 0.25) is 0 Å². The normalized spacial score (nSPS) is 14.6. The van der Waals surface area contributed by atoms with Crippen LogP contribution in [0.3, 0.4) is 0 Å². The van der Waals surface area contributed by atoms with Crippen molar-refractivity contribution in [2.75, 3.05) is 39.6 Å². The van der Waals surface area contributed by atoms with Crippen molar-refractivity contribution in [1.29, 1.82) is 0 Å². The van der Waals surface area contributed by atoms with Gasteiger partial charge in [-0.15, -0.1) is 0 Å². The number of rotatable bonds is 74. The standard InChI is InChI=1S/C81H142O16P2/c1-4-7-10-13-16-19-22-25-27-29-30-31-32-33-34-35-36-37-38-39-40-41-42-43-44-46-48-50-52-55-58-61-64-67-79(84)91-70-76(82)71-93-98(87,88)94-72-77(83)73-95-99(89,90)96-75-78(97-81(86)69-66-63-60-57-54-49-24-21-18-15-12-9-6-3)74-92-80(85)68-65-62-59-56-53-51-47-45-28-26-23-20-17-14-11-8-5-2/h8,11,16-17,19-20,25-28,30-31,33-34,47,51,56,59,76-78,82-83H,4-7,9-10,12-15,18,21-24,29,32,35-46,48-50,52-55,57-58,60-75H2,1-3H3,(H,87,88)(H,89,90)/b11-8-,19-16-,20-17-,27-25-,28-26-,31-30-,34-33-,51-47-,59-56-. The zero-order valence-corrected chi connectivity index (χ0v) is 64.2. The van der Waals surface area contributed by atoms with Gasteiger partial charge in [-0.05, 0) is 103 Å². The van der Waals surface area contributed by atoms with Gasteiger partial charge in [0.15, 0.2) is 6.10 Å². The molecule has 0 amide bonds. The molecule has 572 valence electrons. The summed E-state index contributed by atoms with van der Waals surface area (Å²) in [5.41, 5.74) is 0. The van der Waals surface area contributed by atoms with Crippen LogP contribution in [0.15, 0.2) is 109 Å². The second-order valence-corrected chi connectivity index (χ2v) is 29.0. The minimum Gasteiger partial charge on any atom is -0.463 e. The highest BCUT2D eigenvalue weighted by Gasteiger charge is 2.29. The first-order valence-corrected chi connectivity index (χ1v) is 42.2. The van der Waals surface area contributed by atoms with Crippen LogP contribution in [0.5, 0.6) is 0 Å². The van der Waals surface area contributed by atoms with Gasteiger partial charge in [0, 0.05) is 19.3 Å². The van der Waals surface area contributed by atoms with Crippen molar-refractivity contribution in [1.82, 2.24) is 0 Å². The van der Waals surface area contributed by atoms with Crippen LogP contribution < -0.4 is 0 Å². The Labute approximate surface area is 602 Å². The summed E-state index contributed by atoms with van der Waals surface area (Å²) in [5, 5.41) is 20.6. The zero-order chi connectivity index (χ0) is 72.3. The summed E-state index contributed by atoms with van der Waals surface area (Å²) >= 11 is 0. The highest BCUT2D eigenvalue weighted by Crippen LogP contribution is 2.45. The summed E-state index contributed by atoms with van der Waals surface area (Å²) in [5.74, 6) is -1.63. The highest BCUT2D eigenvalue weighted by molar-refractivity contribution is 7.47. The molecule has 0 spiro atoms. The van der Waals surface area contributed by atoms with E-state index in [1.165, 1.54) is 167 Å². The predicted octanol–water partition coefficient (Wildman–Crippen LogP) is 22.8. The first-order chi connectivity index (χ1) is 48.2. The van der Waals surface area contributed by atoms with Gasteiger partial charge in [-0.1, -0.05) is 316 Å². The number of phosphoric ester groups is 2. The maximum atomic E-state index is 12.9. The first-order valence-electron chi connectivity index (χ1n) is 39.2. The van der Waals surface area contributed by atoms with E-state index in [0.29, 0.717) is 25.7 Å². The Bertz CT molecular complexity index is 2240. The minimum absolute atomic E-state index is 0.0932. The molecule has 5 unspecified atom stereocenters. The number of ether oxygens (including phenoxy) is 3. The van der Waals surface area contributed by atoms with Gasteiger partial charge in [-0.25, -0.2) is 9.13 Å². The van der Waals surface area contributed by atoms with E-state index in [9.17, 15) is 43.5 Å². The predicted molar refractivity (Wildman–Crippen MR) is 408 cm³/mol. The maximum absolute atomic E-state index is 12.9. The Kier molecular flexibility index (Phi) is 71.1. The molecule has 0 aromatic carbocycles. The number of aliphatic hydroxyl groups excluding tert-OH is 2. The summed E-state index contributed by atoms with van der Waals surface area (Å²) in [4.78, 5) is 58.5. The third kappa shape index (κ3) is 75.2. The number of allylic oxidation sites excluding steroid dienone is 18. The van der Waals surface area contributed by atoms with Crippen LogP contribution in [0.2, 0.25) is 0 Å². The summed E-state index contributed by atoms with van der Waals surface area (Å²) in [6.07, 6.45) is 86.0. The molecule has 16 nitrogen and oxygen atoms in total. The average Bonchev–Trinajstić information content (AvgIpc) is 1.05. The summed E-state index contributed by atoms with van der Waals surface area (Å²) < 4.78 is 61.0. The molecule has 0 heterocycles. The minimum atomic E-state index is -4.94. The molecular formula is C81H142O16P2. The lowest BCUT2D eigenvalue weighted by Crippen LogP contribution is -2.30. The van der Waals surface area contributed by atoms with Crippen LogP contribution in [0, 0.1) is 0 Å². The lowest BCUT2D eigenvalue weighted by atomic mass is 10.0. The SMILES string of the molecule is CC/C=C\C/C=C\C/C=C\C/C=C\C/C=C\CCCC(=O)OCC(COP(=O)(O)OCC(O)COP(=O)(O)OCC(O)COC(=O)CCCCCCCCCCCCCCCCCCC/C=C\C/C=C\C/C=C\C/C=C\CCCCC)OC(=O)CCCCCCCCCCCCCCC. The number of phosphoric acid groups is 2. The van der Waals surface area contributed by atoms with E-state index in [4.69, 9.17) is 32.3 Å². The van der Waals surface area contributed by atoms with E-state index in [1.54, 1.807) is 0 Å². The maximum Gasteiger partial charge on any atom is 0.472 e. The van der Waals surface area contributed by atoms with Crippen LogP contribution in [-0.4, -0.2) is 95.9 Å². The van der Waals surface area contributed by atoms with E-state index in [0.717, 1.165) is 96.3 Å². The van der Waals surface area contributed by atoms with Gasteiger partial charge in [-0.2, -0.15) is 0 Å². The van der Waals surface area contributed by atoms with Crippen LogP contribution >= 0.6 is 15.6 Å². The van der Waals surface area contributed by atoms with Crippen molar-refractivity contribution >= 4 is 33.6 Å².